The average molecular weight is 298 g/mol. The number of fused-ring (bicyclic) bond motifs is 2. The Morgan fingerprint density at radius 2 is 2.23 bits per heavy atom. The summed E-state index contributed by atoms with van der Waals surface area (Å²) in [6.07, 6.45) is 0. The topological polar surface area (TPSA) is 34.6 Å². The van der Waals surface area contributed by atoms with Crippen LogP contribution in [0.5, 0.6) is 0 Å². The lowest BCUT2D eigenvalue weighted by atomic mass is 9.82. The molecule has 2 aromatic rings. The first-order valence-electron chi connectivity index (χ1n) is 7.93. The molecule has 4 rings (SSSR count). The van der Waals surface area contributed by atoms with Gasteiger partial charge in [-0.15, -0.1) is 0 Å². The molecule has 2 saturated heterocycles. The first-order chi connectivity index (χ1) is 10.8. The highest BCUT2D eigenvalue weighted by Gasteiger charge is 2.50. The fraction of sp³-hybridized carbons (Fsp3) is 0.500. The molecule has 0 spiro atoms. The second-order valence-corrected chi connectivity index (χ2v) is 6.67. The summed E-state index contributed by atoms with van der Waals surface area (Å²) in [6.45, 7) is 5.52. The van der Waals surface area contributed by atoms with E-state index in [1.165, 1.54) is 5.39 Å². The van der Waals surface area contributed by atoms with Crippen LogP contribution in [0.3, 0.4) is 0 Å². The third kappa shape index (κ3) is 2.41. The zero-order valence-corrected chi connectivity index (χ0v) is 13.0. The molecule has 0 bridgehead atoms. The molecular formula is C18H22N2O2. The van der Waals surface area contributed by atoms with Crippen molar-refractivity contribution in [3.63, 3.8) is 0 Å². The van der Waals surface area contributed by atoms with Gasteiger partial charge >= 0.3 is 0 Å². The maximum absolute atomic E-state index is 5.70. The van der Waals surface area contributed by atoms with E-state index in [1.807, 2.05) is 6.07 Å². The van der Waals surface area contributed by atoms with Gasteiger partial charge in [-0.2, -0.15) is 0 Å². The van der Waals surface area contributed by atoms with E-state index in [2.05, 4.69) is 35.2 Å². The first kappa shape index (κ1) is 14.1. The van der Waals surface area contributed by atoms with Crippen LogP contribution in [-0.4, -0.2) is 49.9 Å². The molecule has 0 unspecified atom stereocenters. The van der Waals surface area contributed by atoms with Gasteiger partial charge in [-0.25, -0.2) is 0 Å². The molecule has 1 aromatic heterocycles. The fourth-order valence-electron chi connectivity index (χ4n) is 3.98. The Morgan fingerprint density at radius 1 is 1.32 bits per heavy atom. The molecule has 0 saturated carbocycles. The number of methoxy groups -OCH3 is 1. The summed E-state index contributed by atoms with van der Waals surface area (Å²) in [5, 5.41) is 1.20. The second-order valence-electron chi connectivity index (χ2n) is 6.67. The Kier molecular flexibility index (Phi) is 3.60. The molecule has 0 N–H and O–H groups in total. The lowest BCUT2D eigenvalue weighted by Crippen LogP contribution is -2.35. The van der Waals surface area contributed by atoms with Crippen LogP contribution >= 0.6 is 0 Å². The Morgan fingerprint density at radius 3 is 3.14 bits per heavy atom. The van der Waals surface area contributed by atoms with E-state index in [-0.39, 0.29) is 5.41 Å². The monoisotopic (exact) mass is 298 g/mol. The molecule has 0 amide bonds. The largest absolute Gasteiger partial charge is 0.384 e. The lowest BCUT2D eigenvalue weighted by molar-refractivity contribution is 0.0532. The van der Waals surface area contributed by atoms with Crippen molar-refractivity contribution in [1.82, 2.24) is 9.88 Å². The maximum Gasteiger partial charge on any atom is 0.0705 e. The molecule has 22 heavy (non-hydrogen) atoms. The predicted molar refractivity (Wildman–Crippen MR) is 85.6 cm³/mol. The zero-order valence-electron chi connectivity index (χ0n) is 13.0. The van der Waals surface area contributed by atoms with Gasteiger partial charge in [0, 0.05) is 43.5 Å². The Bertz CT molecular complexity index is 675. The normalized spacial score (nSPS) is 28.3. The van der Waals surface area contributed by atoms with Crippen molar-refractivity contribution in [3.8, 4) is 0 Å². The number of hydrogen-bond acceptors (Lipinski definition) is 4. The molecule has 2 aliphatic rings. The van der Waals surface area contributed by atoms with Crippen LogP contribution in [0.4, 0.5) is 0 Å². The van der Waals surface area contributed by atoms with E-state index in [0.29, 0.717) is 5.92 Å². The number of aromatic nitrogens is 1. The van der Waals surface area contributed by atoms with Crippen molar-refractivity contribution < 1.29 is 9.47 Å². The highest BCUT2D eigenvalue weighted by molar-refractivity contribution is 5.78. The van der Waals surface area contributed by atoms with Gasteiger partial charge in [0.15, 0.2) is 0 Å². The average Bonchev–Trinajstić information content (AvgIpc) is 3.04. The van der Waals surface area contributed by atoms with Crippen LogP contribution < -0.4 is 0 Å². The van der Waals surface area contributed by atoms with E-state index < -0.39 is 0 Å². The van der Waals surface area contributed by atoms with Gasteiger partial charge in [0.2, 0.25) is 0 Å². The van der Waals surface area contributed by atoms with Gasteiger partial charge in [0.1, 0.15) is 0 Å². The van der Waals surface area contributed by atoms with Gasteiger partial charge in [0.25, 0.3) is 0 Å². The minimum absolute atomic E-state index is 0.186. The molecule has 0 aliphatic carbocycles. The summed E-state index contributed by atoms with van der Waals surface area (Å²) < 4.78 is 11.2. The molecule has 116 valence electrons. The van der Waals surface area contributed by atoms with Crippen LogP contribution in [0.25, 0.3) is 10.9 Å². The number of ether oxygens (including phenoxy) is 2. The maximum atomic E-state index is 5.70. The fourth-order valence-corrected chi connectivity index (χ4v) is 3.98. The molecule has 2 atom stereocenters. The van der Waals surface area contributed by atoms with E-state index >= 15 is 0 Å². The van der Waals surface area contributed by atoms with E-state index in [1.54, 1.807) is 7.11 Å². The van der Waals surface area contributed by atoms with Crippen molar-refractivity contribution in [2.24, 2.45) is 11.3 Å². The van der Waals surface area contributed by atoms with Crippen LogP contribution in [0.15, 0.2) is 36.4 Å². The summed E-state index contributed by atoms with van der Waals surface area (Å²) in [5.41, 5.74) is 2.41. The summed E-state index contributed by atoms with van der Waals surface area (Å²) in [5.74, 6) is 0.591. The molecule has 3 heterocycles. The van der Waals surface area contributed by atoms with Gasteiger partial charge in [-0.1, -0.05) is 24.3 Å². The highest BCUT2D eigenvalue weighted by atomic mass is 16.5. The van der Waals surface area contributed by atoms with Crippen molar-refractivity contribution >= 4 is 10.9 Å². The lowest BCUT2D eigenvalue weighted by Gasteiger charge is -2.26. The highest BCUT2D eigenvalue weighted by Crippen LogP contribution is 2.41. The SMILES string of the molecule is COC[C@]12COC[C@H]1CN(Cc1ccc3ccccc3n1)C2. The molecular weight excluding hydrogens is 276 g/mol. The third-order valence-electron chi connectivity index (χ3n) is 5.07. The Hall–Kier alpha value is -1.49. The van der Waals surface area contributed by atoms with Crippen LogP contribution in [-0.2, 0) is 16.0 Å². The van der Waals surface area contributed by atoms with Crippen LogP contribution in [0, 0.1) is 11.3 Å². The number of nitrogens with zero attached hydrogens (tertiary/aromatic N) is 2. The minimum atomic E-state index is 0.186. The number of benzene rings is 1. The van der Waals surface area contributed by atoms with Gasteiger partial charge < -0.3 is 9.47 Å². The second kappa shape index (κ2) is 5.61. The molecule has 2 fully saturated rings. The Labute approximate surface area is 131 Å². The minimum Gasteiger partial charge on any atom is -0.384 e. The van der Waals surface area contributed by atoms with E-state index in [9.17, 15) is 0 Å². The summed E-state index contributed by atoms with van der Waals surface area (Å²) in [7, 11) is 1.79. The van der Waals surface area contributed by atoms with E-state index in [0.717, 1.165) is 50.7 Å². The van der Waals surface area contributed by atoms with Crippen LogP contribution in [0.2, 0.25) is 0 Å². The van der Waals surface area contributed by atoms with Crippen molar-refractivity contribution in [2.75, 3.05) is 40.0 Å². The van der Waals surface area contributed by atoms with Gasteiger partial charge in [-0.05, 0) is 12.1 Å². The molecule has 2 aliphatic heterocycles. The molecule has 4 nitrogen and oxygen atoms in total. The van der Waals surface area contributed by atoms with Crippen LogP contribution in [0.1, 0.15) is 5.69 Å². The van der Waals surface area contributed by atoms with E-state index in [4.69, 9.17) is 14.5 Å². The summed E-state index contributed by atoms with van der Waals surface area (Å²) >= 11 is 0. The molecule has 4 heteroatoms. The molecule has 1 aromatic carbocycles. The standard InChI is InChI=1S/C18H22N2O2/c1-21-12-18-11-20(8-15(18)10-22-13-18)9-16-7-6-14-4-2-3-5-17(14)19-16/h2-7,15H,8-13H2,1H3/t15-,18-/m1/s1. The smallest absolute Gasteiger partial charge is 0.0705 e. The first-order valence-corrected chi connectivity index (χ1v) is 7.93. The number of para-hydroxylation sites is 1. The predicted octanol–water partition coefficient (Wildman–Crippen LogP) is 2.33. The summed E-state index contributed by atoms with van der Waals surface area (Å²) in [4.78, 5) is 7.30. The van der Waals surface area contributed by atoms with Crippen molar-refractivity contribution in [3.05, 3.63) is 42.1 Å². The summed E-state index contributed by atoms with van der Waals surface area (Å²) in [6, 6.07) is 12.6. The Balaban J connectivity index is 1.51. The zero-order chi connectivity index (χ0) is 15.0. The molecule has 0 radical (unpaired) electrons. The third-order valence-corrected chi connectivity index (χ3v) is 5.07. The van der Waals surface area contributed by atoms with Gasteiger partial charge in [0.05, 0.1) is 31.0 Å². The number of likely N-dealkylation sites (tertiary alicyclic amines) is 1. The van der Waals surface area contributed by atoms with Crippen molar-refractivity contribution in [1.29, 1.82) is 0 Å². The number of pyridine rings is 1. The van der Waals surface area contributed by atoms with Crippen molar-refractivity contribution in [2.45, 2.75) is 6.54 Å². The van der Waals surface area contributed by atoms with Gasteiger partial charge in [-0.3, -0.25) is 9.88 Å². The number of rotatable bonds is 4. The number of hydrogen-bond donors (Lipinski definition) is 0. The quantitative estimate of drug-likeness (QED) is 0.868.